The molecule has 4 aromatic rings. The van der Waals surface area contributed by atoms with Gasteiger partial charge < -0.3 is 9.88 Å². The summed E-state index contributed by atoms with van der Waals surface area (Å²) in [6, 6.07) is 13.6. The lowest BCUT2D eigenvalue weighted by atomic mass is 10.3. The highest BCUT2D eigenvalue weighted by Gasteiger charge is 2.19. The third-order valence-electron chi connectivity index (χ3n) is 4.34. The molecule has 4 rings (SSSR count). The molecule has 0 spiro atoms. The van der Waals surface area contributed by atoms with Gasteiger partial charge in [0.1, 0.15) is 5.82 Å². The van der Waals surface area contributed by atoms with Crippen molar-refractivity contribution in [3.63, 3.8) is 0 Å². The fourth-order valence-corrected chi connectivity index (χ4v) is 3.59. The van der Waals surface area contributed by atoms with Gasteiger partial charge in [0.05, 0.1) is 10.6 Å². The monoisotopic (exact) mass is 392 g/mol. The summed E-state index contributed by atoms with van der Waals surface area (Å²) in [5.74, 6) is 1.54. The summed E-state index contributed by atoms with van der Waals surface area (Å²) in [5, 5.41) is 9.36. The first kappa shape index (κ1) is 18.1. The van der Waals surface area contributed by atoms with Crippen molar-refractivity contribution < 1.29 is 4.79 Å². The van der Waals surface area contributed by atoms with Crippen molar-refractivity contribution in [2.45, 2.75) is 19.9 Å². The van der Waals surface area contributed by atoms with E-state index in [9.17, 15) is 4.79 Å². The molecule has 0 radical (unpaired) electrons. The average molecular weight is 392 g/mol. The molecule has 142 valence electrons. The predicted octanol–water partition coefficient (Wildman–Crippen LogP) is 3.32. The molecule has 0 aliphatic rings. The third-order valence-corrected chi connectivity index (χ3v) is 5.20. The molecular formula is C20H20N6OS. The molecule has 1 N–H and O–H groups in total. The van der Waals surface area contributed by atoms with Crippen molar-refractivity contribution in [2.24, 2.45) is 0 Å². The molecule has 0 bridgehead atoms. The van der Waals surface area contributed by atoms with Crippen molar-refractivity contribution in [3.05, 3.63) is 71.9 Å². The highest BCUT2D eigenvalue weighted by molar-refractivity contribution is 7.13. The summed E-state index contributed by atoms with van der Waals surface area (Å²) >= 11 is 1.57. The van der Waals surface area contributed by atoms with Gasteiger partial charge in [0.2, 0.25) is 5.82 Å². The summed E-state index contributed by atoms with van der Waals surface area (Å²) in [6.45, 7) is 3.31. The van der Waals surface area contributed by atoms with Crippen molar-refractivity contribution >= 4 is 17.2 Å². The Bertz CT molecular complexity index is 1050. The molecule has 0 saturated carbocycles. The van der Waals surface area contributed by atoms with E-state index in [2.05, 4.69) is 25.0 Å². The number of carbonyl (C=O) groups is 1. The first-order valence-corrected chi connectivity index (χ1v) is 9.92. The van der Waals surface area contributed by atoms with Gasteiger partial charge in [-0.05, 0) is 36.9 Å². The van der Waals surface area contributed by atoms with E-state index >= 15 is 0 Å². The van der Waals surface area contributed by atoms with E-state index in [1.165, 1.54) is 0 Å². The van der Waals surface area contributed by atoms with E-state index in [4.69, 9.17) is 0 Å². The molecule has 1 amide bonds. The molecule has 8 heteroatoms. The molecule has 3 heterocycles. The van der Waals surface area contributed by atoms with Crippen molar-refractivity contribution in [1.29, 1.82) is 0 Å². The quantitative estimate of drug-likeness (QED) is 0.490. The Morgan fingerprint density at radius 3 is 2.75 bits per heavy atom. The lowest BCUT2D eigenvalue weighted by molar-refractivity contribution is 0.0942. The Kier molecular flexibility index (Phi) is 5.29. The van der Waals surface area contributed by atoms with Gasteiger partial charge in [-0.25, -0.2) is 14.6 Å². The number of hydrogen-bond donors (Lipinski definition) is 1. The standard InChI is InChI=1S/C20H20N6OS/c1-15-21-11-13-25(15)12-6-10-22-20(27)18-23-19(17-9-5-14-28-17)26(24-18)16-7-3-2-4-8-16/h2-5,7-9,11,13-14H,6,10,12H2,1H3,(H,22,27). The van der Waals surface area contributed by atoms with E-state index in [0.29, 0.717) is 12.4 Å². The highest BCUT2D eigenvalue weighted by atomic mass is 32.1. The van der Waals surface area contributed by atoms with E-state index in [1.807, 2.05) is 61.0 Å². The van der Waals surface area contributed by atoms with Crippen molar-refractivity contribution in [1.82, 2.24) is 29.6 Å². The molecule has 0 saturated heterocycles. The molecule has 7 nitrogen and oxygen atoms in total. The number of para-hydroxylation sites is 1. The zero-order valence-corrected chi connectivity index (χ0v) is 16.3. The second-order valence-electron chi connectivity index (χ2n) is 6.26. The number of hydrogen-bond acceptors (Lipinski definition) is 5. The van der Waals surface area contributed by atoms with E-state index in [0.717, 1.165) is 29.4 Å². The molecule has 1 aromatic carbocycles. The number of nitrogens with zero attached hydrogens (tertiary/aromatic N) is 5. The highest BCUT2D eigenvalue weighted by Crippen LogP contribution is 2.25. The Morgan fingerprint density at radius 2 is 2.04 bits per heavy atom. The van der Waals surface area contributed by atoms with Crippen LogP contribution in [0.15, 0.2) is 60.2 Å². The number of rotatable bonds is 7. The first-order valence-electron chi connectivity index (χ1n) is 9.04. The summed E-state index contributed by atoms with van der Waals surface area (Å²) in [6.07, 6.45) is 4.52. The second-order valence-corrected chi connectivity index (χ2v) is 7.21. The second kappa shape index (κ2) is 8.18. The molecule has 0 fully saturated rings. The van der Waals surface area contributed by atoms with Crippen LogP contribution in [0.4, 0.5) is 0 Å². The fourth-order valence-electron chi connectivity index (χ4n) is 2.89. The predicted molar refractivity (Wildman–Crippen MR) is 109 cm³/mol. The number of aromatic nitrogens is 5. The molecule has 0 atom stereocenters. The van der Waals surface area contributed by atoms with Crippen LogP contribution in [0.2, 0.25) is 0 Å². The van der Waals surface area contributed by atoms with Gasteiger partial charge in [-0.1, -0.05) is 24.3 Å². The Balaban J connectivity index is 1.48. The molecule has 3 aromatic heterocycles. The van der Waals surface area contributed by atoms with Gasteiger partial charge in [0.25, 0.3) is 5.91 Å². The largest absolute Gasteiger partial charge is 0.349 e. The lowest BCUT2D eigenvalue weighted by Gasteiger charge is -2.05. The van der Waals surface area contributed by atoms with Crippen LogP contribution in [0, 0.1) is 6.92 Å². The summed E-state index contributed by atoms with van der Waals surface area (Å²) in [7, 11) is 0. The fraction of sp³-hybridized carbons (Fsp3) is 0.200. The van der Waals surface area contributed by atoms with Gasteiger partial charge >= 0.3 is 0 Å². The minimum absolute atomic E-state index is 0.172. The van der Waals surface area contributed by atoms with Crippen LogP contribution in [0.3, 0.4) is 0 Å². The van der Waals surface area contributed by atoms with Crippen molar-refractivity contribution in [2.75, 3.05) is 6.54 Å². The van der Waals surface area contributed by atoms with Crippen LogP contribution < -0.4 is 5.32 Å². The zero-order chi connectivity index (χ0) is 19.3. The van der Waals surface area contributed by atoms with Gasteiger partial charge in [-0.15, -0.1) is 16.4 Å². The number of imidazole rings is 1. The van der Waals surface area contributed by atoms with E-state index in [1.54, 1.807) is 22.2 Å². The van der Waals surface area contributed by atoms with Crippen LogP contribution in [0.5, 0.6) is 0 Å². The number of benzene rings is 1. The van der Waals surface area contributed by atoms with Crippen LogP contribution in [0.1, 0.15) is 22.9 Å². The van der Waals surface area contributed by atoms with Gasteiger partial charge in [-0.2, -0.15) is 0 Å². The minimum Gasteiger partial charge on any atom is -0.349 e. The minimum atomic E-state index is -0.269. The van der Waals surface area contributed by atoms with E-state index < -0.39 is 0 Å². The summed E-state index contributed by atoms with van der Waals surface area (Å²) in [4.78, 5) is 22.2. The lowest BCUT2D eigenvalue weighted by Crippen LogP contribution is -2.26. The van der Waals surface area contributed by atoms with Crippen LogP contribution >= 0.6 is 11.3 Å². The van der Waals surface area contributed by atoms with E-state index in [-0.39, 0.29) is 11.7 Å². The van der Waals surface area contributed by atoms with Gasteiger partial charge in [0.15, 0.2) is 5.82 Å². The molecule has 28 heavy (non-hydrogen) atoms. The summed E-state index contributed by atoms with van der Waals surface area (Å²) in [5.41, 5.74) is 0.869. The average Bonchev–Trinajstić information content (AvgIpc) is 3.46. The zero-order valence-electron chi connectivity index (χ0n) is 15.4. The maximum atomic E-state index is 12.6. The number of nitrogens with one attached hydrogen (secondary N) is 1. The van der Waals surface area contributed by atoms with Gasteiger partial charge in [0, 0.05) is 25.5 Å². The molecule has 0 unspecified atom stereocenters. The Hall–Kier alpha value is -3.26. The Labute approximate surface area is 166 Å². The summed E-state index contributed by atoms with van der Waals surface area (Å²) < 4.78 is 3.78. The smallest absolute Gasteiger partial charge is 0.290 e. The maximum absolute atomic E-state index is 12.6. The molecular weight excluding hydrogens is 372 g/mol. The number of carbonyl (C=O) groups excluding carboxylic acids is 1. The van der Waals surface area contributed by atoms with Crippen LogP contribution in [0.25, 0.3) is 16.4 Å². The maximum Gasteiger partial charge on any atom is 0.290 e. The van der Waals surface area contributed by atoms with Crippen LogP contribution in [-0.4, -0.2) is 36.8 Å². The number of aryl methyl sites for hydroxylation is 2. The molecule has 0 aliphatic carbocycles. The van der Waals surface area contributed by atoms with Crippen molar-refractivity contribution in [3.8, 4) is 16.4 Å². The SMILES string of the molecule is Cc1nccn1CCCNC(=O)c1nc(-c2cccs2)n(-c2ccccc2)n1. The van der Waals surface area contributed by atoms with Crippen LogP contribution in [-0.2, 0) is 6.54 Å². The molecule has 0 aliphatic heterocycles. The first-order chi connectivity index (χ1) is 13.7. The number of amides is 1. The topological polar surface area (TPSA) is 77.6 Å². The Morgan fingerprint density at radius 1 is 1.18 bits per heavy atom. The third kappa shape index (κ3) is 3.86. The normalized spacial score (nSPS) is 10.9. The van der Waals surface area contributed by atoms with Gasteiger partial charge in [-0.3, -0.25) is 4.79 Å². The number of thiophene rings is 1.